The van der Waals surface area contributed by atoms with Crippen LogP contribution in [0, 0.1) is 5.21 Å². The van der Waals surface area contributed by atoms with Crippen molar-refractivity contribution in [3.05, 3.63) is 28.7 Å². The molecule has 66 valence electrons. The molecule has 0 spiro atoms. The molecule has 0 atom stereocenters. The molecule has 8 heteroatoms. The quantitative estimate of drug-likeness (QED) is 0.173. The molecule has 0 bridgehead atoms. The van der Waals surface area contributed by atoms with E-state index in [9.17, 15) is 18.2 Å². The van der Waals surface area contributed by atoms with Gasteiger partial charge < -0.3 is 9.76 Å². The Kier molecular flexibility index (Phi) is 5.34. The topological polar surface area (TPSA) is 84.1 Å². The summed E-state index contributed by atoms with van der Waals surface area (Å²) >= 11 is 5.25. The van der Waals surface area contributed by atoms with Crippen molar-refractivity contribution in [2.24, 2.45) is 0 Å². The Morgan fingerprint density at radius 2 is 2.00 bits per heavy atom. The molecule has 1 rings (SSSR count). The summed E-state index contributed by atoms with van der Waals surface area (Å²) in [6.45, 7) is 0. The molecule has 1 aromatic rings. The number of hydrogen-bond donors (Lipinski definition) is 0. The van der Waals surface area contributed by atoms with Crippen molar-refractivity contribution in [2.75, 3.05) is 0 Å². The summed E-state index contributed by atoms with van der Waals surface area (Å²) in [6.07, 6.45) is 0.997. The molecule has 0 N–H and O–H groups in total. The summed E-state index contributed by atoms with van der Waals surface area (Å²) < 4.78 is 31.3. The summed E-state index contributed by atoms with van der Waals surface area (Å²) in [5, 5.41) is 10.0. The maximum absolute atomic E-state index is 10.7. The summed E-state index contributed by atoms with van der Waals surface area (Å²) in [4.78, 5) is -0.707. The van der Waals surface area contributed by atoms with E-state index in [2.05, 4.69) is 0 Å². The Morgan fingerprint density at radius 1 is 1.46 bits per heavy atom. The van der Waals surface area contributed by atoms with Crippen molar-refractivity contribution in [3.63, 3.8) is 0 Å². The SMILES string of the molecule is O=S(=O)([O-])c1ccc[n+]([O-])c1Cl.[K+]. The van der Waals surface area contributed by atoms with Gasteiger partial charge in [0.2, 0.25) is 0 Å². The van der Waals surface area contributed by atoms with Gasteiger partial charge in [-0.25, -0.2) is 8.42 Å². The maximum Gasteiger partial charge on any atom is 1.00 e. The van der Waals surface area contributed by atoms with Crippen LogP contribution >= 0.6 is 11.6 Å². The molecular formula is C5H3ClKNO4S. The van der Waals surface area contributed by atoms with Crippen molar-refractivity contribution in [2.45, 2.75) is 4.90 Å². The Labute approximate surface area is 122 Å². The Balaban J connectivity index is 0.00000144. The third kappa shape index (κ3) is 3.44. The van der Waals surface area contributed by atoms with E-state index < -0.39 is 20.2 Å². The van der Waals surface area contributed by atoms with Gasteiger partial charge >= 0.3 is 56.5 Å². The fourth-order valence-electron chi connectivity index (χ4n) is 0.638. The van der Waals surface area contributed by atoms with Crippen molar-refractivity contribution in [1.29, 1.82) is 0 Å². The molecule has 0 radical (unpaired) electrons. The van der Waals surface area contributed by atoms with E-state index in [0.717, 1.165) is 18.3 Å². The molecule has 0 fully saturated rings. The minimum absolute atomic E-state index is 0. The first-order valence-corrected chi connectivity index (χ1v) is 4.55. The molecule has 0 unspecified atom stereocenters. The average molecular weight is 248 g/mol. The van der Waals surface area contributed by atoms with Gasteiger partial charge in [0.1, 0.15) is 15.0 Å². The van der Waals surface area contributed by atoms with Gasteiger partial charge in [0, 0.05) is 6.07 Å². The minimum Gasteiger partial charge on any atom is -0.744 e. The minimum atomic E-state index is -4.66. The van der Waals surface area contributed by atoms with Gasteiger partial charge in [-0.05, 0) is 17.7 Å². The standard InChI is InChI=1S/C5H4ClNO4S.K/c6-5-4(12(9,10)11)2-1-3-7(5)8;/h1-3H,(H,9,10,11);/q;+1/p-1. The number of halogens is 1. The molecule has 13 heavy (non-hydrogen) atoms. The molecule has 0 aliphatic heterocycles. The van der Waals surface area contributed by atoms with Crippen LogP contribution in [-0.2, 0) is 10.1 Å². The first-order chi connectivity index (χ1) is 5.43. The van der Waals surface area contributed by atoms with Crippen LogP contribution in [0.25, 0.3) is 0 Å². The zero-order valence-corrected chi connectivity index (χ0v) is 11.3. The third-order valence-corrected chi connectivity index (χ3v) is 2.49. The Hall–Kier alpha value is 0.786. The molecule has 0 saturated carbocycles. The van der Waals surface area contributed by atoms with E-state index in [1.165, 1.54) is 0 Å². The molecule has 0 saturated heterocycles. The van der Waals surface area contributed by atoms with Gasteiger partial charge in [-0.3, -0.25) is 0 Å². The molecule has 1 aromatic heterocycles. The molecule has 0 aromatic carbocycles. The second-order valence-electron chi connectivity index (χ2n) is 1.94. The van der Waals surface area contributed by atoms with Crippen LogP contribution in [-0.4, -0.2) is 13.0 Å². The van der Waals surface area contributed by atoms with E-state index in [-0.39, 0.29) is 56.1 Å². The van der Waals surface area contributed by atoms with Gasteiger partial charge in [-0.2, -0.15) is 4.73 Å². The second-order valence-corrected chi connectivity index (χ2v) is 3.65. The normalized spacial score (nSPS) is 10.6. The van der Waals surface area contributed by atoms with E-state index >= 15 is 0 Å². The first-order valence-electron chi connectivity index (χ1n) is 2.76. The second kappa shape index (κ2) is 5.03. The van der Waals surface area contributed by atoms with Gasteiger partial charge in [0.05, 0.1) is 0 Å². The van der Waals surface area contributed by atoms with Crippen LogP contribution in [0.5, 0.6) is 0 Å². The summed E-state index contributed by atoms with van der Waals surface area (Å²) in [5.74, 6) is 0. The van der Waals surface area contributed by atoms with Crippen molar-refractivity contribution < 1.29 is 69.1 Å². The number of pyridine rings is 1. The van der Waals surface area contributed by atoms with Crippen LogP contribution in [0.1, 0.15) is 0 Å². The Bertz CT molecular complexity index is 407. The molecular weight excluding hydrogens is 245 g/mol. The predicted octanol–water partition coefficient (Wildman–Crippen LogP) is -3.12. The van der Waals surface area contributed by atoms with E-state index in [1.807, 2.05) is 0 Å². The summed E-state index contributed by atoms with van der Waals surface area (Å²) in [6, 6.07) is 2.10. The van der Waals surface area contributed by atoms with Crippen LogP contribution in [0.15, 0.2) is 23.2 Å². The predicted molar refractivity (Wildman–Crippen MR) is 38.4 cm³/mol. The number of nitrogens with zero attached hydrogens (tertiary/aromatic N) is 1. The largest absolute Gasteiger partial charge is 1.00 e. The number of rotatable bonds is 1. The van der Waals surface area contributed by atoms with Crippen LogP contribution in [0.2, 0.25) is 5.15 Å². The molecule has 5 nitrogen and oxygen atoms in total. The zero-order chi connectivity index (χ0) is 9.35. The van der Waals surface area contributed by atoms with Crippen LogP contribution in [0.3, 0.4) is 0 Å². The fourth-order valence-corrected chi connectivity index (χ4v) is 1.58. The molecule has 0 aliphatic carbocycles. The molecule has 0 aliphatic rings. The average Bonchev–Trinajstić information content (AvgIpc) is 1.92. The summed E-state index contributed by atoms with van der Waals surface area (Å²) in [5.41, 5.74) is 0. The van der Waals surface area contributed by atoms with Gasteiger partial charge in [0.25, 0.3) is 0 Å². The Morgan fingerprint density at radius 3 is 2.38 bits per heavy atom. The van der Waals surface area contributed by atoms with Crippen molar-refractivity contribution >= 4 is 21.7 Å². The smallest absolute Gasteiger partial charge is 0.744 e. The zero-order valence-electron chi connectivity index (χ0n) is 6.60. The van der Waals surface area contributed by atoms with Crippen LogP contribution < -0.4 is 56.1 Å². The van der Waals surface area contributed by atoms with Gasteiger partial charge in [-0.15, -0.1) is 0 Å². The molecule has 1 heterocycles. The van der Waals surface area contributed by atoms with E-state index in [0.29, 0.717) is 0 Å². The maximum atomic E-state index is 10.7. The summed E-state index contributed by atoms with van der Waals surface area (Å²) in [7, 11) is -4.66. The molecule has 0 amide bonds. The van der Waals surface area contributed by atoms with Crippen molar-refractivity contribution in [1.82, 2.24) is 0 Å². The fraction of sp³-hybridized carbons (Fsp3) is 0. The van der Waals surface area contributed by atoms with E-state index in [1.54, 1.807) is 0 Å². The third-order valence-electron chi connectivity index (χ3n) is 1.14. The van der Waals surface area contributed by atoms with E-state index in [4.69, 9.17) is 11.6 Å². The first kappa shape index (κ1) is 13.8. The van der Waals surface area contributed by atoms with Gasteiger partial charge in [-0.1, -0.05) is 0 Å². The number of hydrogen-bond acceptors (Lipinski definition) is 4. The van der Waals surface area contributed by atoms with Crippen LogP contribution in [0.4, 0.5) is 0 Å². The van der Waals surface area contributed by atoms with Gasteiger partial charge in [0.15, 0.2) is 6.20 Å². The number of aromatic nitrogens is 1. The monoisotopic (exact) mass is 247 g/mol. The van der Waals surface area contributed by atoms with Crippen molar-refractivity contribution in [3.8, 4) is 0 Å².